The number of fused-ring (bicyclic) bond motifs is 1. The van der Waals surface area contributed by atoms with Crippen LogP contribution in [-0.4, -0.2) is 6.04 Å². The van der Waals surface area contributed by atoms with Crippen molar-refractivity contribution < 1.29 is 8.81 Å². The van der Waals surface area contributed by atoms with Crippen molar-refractivity contribution in [2.75, 3.05) is 0 Å². The van der Waals surface area contributed by atoms with Crippen molar-refractivity contribution in [3.63, 3.8) is 0 Å². The Morgan fingerprint density at radius 2 is 2.24 bits per heavy atom. The molecule has 17 heavy (non-hydrogen) atoms. The van der Waals surface area contributed by atoms with Gasteiger partial charge in [0.05, 0.1) is 16.4 Å². The number of halogens is 2. The zero-order chi connectivity index (χ0) is 12.0. The highest BCUT2D eigenvalue weighted by Crippen LogP contribution is 2.33. The topological polar surface area (TPSA) is 25.2 Å². The van der Waals surface area contributed by atoms with Crippen LogP contribution in [0.4, 0.5) is 4.39 Å². The monoisotopic (exact) mass is 297 g/mol. The van der Waals surface area contributed by atoms with E-state index < -0.39 is 0 Å². The van der Waals surface area contributed by atoms with Crippen molar-refractivity contribution in [2.24, 2.45) is 0 Å². The van der Waals surface area contributed by atoms with Gasteiger partial charge in [-0.25, -0.2) is 4.39 Å². The van der Waals surface area contributed by atoms with E-state index in [0.717, 1.165) is 15.8 Å². The zero-order valence-corrected chi connectivity index (χ0v) is 11.1. The fourth-order valence-corrected chi connectivity index (χ4v) is 2.43. The molecule has 0 unspecified atom stereocenters. The van der Waals surface area contributed by atoms with Gasteiger partial charge in [-0.15, -0.1) is 0 Å². The Balaban J connectivity index is 2.03. The molecule has 4 heteroatoms. The fraction of sp³-hybridized carbons (Fsp3) is 0.385. The van der Waals surface area contributed by atoms with E-state index in [9.17, 15) is 4.39 Å². The third-order valence-electron chi connectivity index (χ3n) is 3.21. The van der Waals surface area contributed by atoms with Crippen LogP contribution in [0.3, 0.4) is 0 Å². The minimum Gasteiger partial charge on any atom is -0.458 e. The van der Waals surface area contributed by atoms with Crippen LogP contribution in [0.2, 0.25) is 0 Å². The van der Waals surface area contributed by atoms with Gasteiger partial charge in [0.25, 0.3) is 0 Å². The average Bonchev–Trinajstić information content (AvgIpc) is 3.06. The van der Waals surface area contributed by atoms with Gasteiger partial charge in [0, 0.05) is 11.6 Å². The minimum absolute atomic E-state index is 0.220. The predicted molar refractivity (Wildman–Crippen MR) is 68.5 cm³/mol. The molecular formula is C13H13BrFNO. The molecular weight excluding hydrogens is 285 g/mol. The molecule has 1 N–H and O–H groups in total. The number of furan rings is 1. The second-order valence-electron chi connectivity index (χ2n) is 4.54. The molecule has 0 amide bonds. The molecule has 1 aromatic carbocycles. The van der Waals surface area contributed by atoms with Gasteiger partial charge in [-0.1, -0.05) is 0 Å². The van der Waals surface area contributed by atoms with Crippen LogP contribution in [0.25, 0.3) is 11.0 Å². The van der Waals surface area contributed by atoms with E-state index in [0.29, 0.717) is 23.6 Å². The van der Waals surface area contributed by atoms with Crippen LogP contribution in [0.5, 0.6) is 0 Å². The Kier molecular flexibility index (Phi) is 2.71. The normalized spacial score (nSPS) is 15.7. The molecule has 0 aliphatic heterocycles. The van der Waals surface area contributed by atoms with Crippen LogP contribution >= 0.6 is 15.9 Å². The van der Waals surface area contributed by atoms with Gasteiger partial charge >= 0.3 is 0 Å². The lowest BCUT2D eigenvalue weighted by Gasteiger charge is -1.99. The van der Waals surface area contributed by atoms with Crippen molar-refractivity contribution >= 4 is 26.9 Å². The zero-order valence-electron chi connectivity index (χ0n) is 9.52. The molecule has 1 aromatic heterocycles. The quantitative estimate of drug-likeness (QED) is 0.930. The molecule has 1 aliphatic carbocycles. The molecule has 0 saturated heterocycles. The SMILES string of the molecule is Cc1c(CNC2CC2)oc2c(Br)ccc(F)c12. The third-order valence-corrected chi connectivity index (χ3v) is 3.83. The lowest BCUT2D eigenvalue weighted by atomic mass is 10.1. The first-order valence-electron chi connectivity index (χ1n) is 5.76. The summed E-state index contributed by atoms with van der Waals surface area (Å²) in [7, 11) is 0. The molecule has 1 heterocycles. The van der Waals surface area contributed by atoms with Gasteiger partial charge in [-0.3, -0.25) is 0 Å². The maximum absolute atomic E-state index is 13.8. The van der Waals surface area contributed by atoms with Crippen LogP contribution in [0.1, 0.15) is 24.2 Å². The van der Waals surface area contributed by atoms with E-state index in [1.807, 2.05) is 6.92 Å². The fourth-order valence-electron chi connectivity index (χ4n) is 2.01. The summed E-state index contributed by atoms with van der Waals surface area (Å²) in [6.07, 6.45) is 2.47. The summed E-state index contributed by atoms with van der Waals surface area (Å²) in [5.74, 6) is 0.611. The van der Waals surface area contributed by atoms with Gasteiger partial charge in [0.1, 0.15) is 11.6 Å². The highest BCUT2D eigenvalue weighted by Gasteiger charge is 2.22. The first-order chi connectivity index (χ1) is 8.16. The number of hydrogen-bond donors (Lipinski definition) is 1. The van der Waals surface area contributed by atoms with Crippen LogP contribution in [-0.2, 0) is 6.54 Å². The standard InChI is InChI=1S/C13H13BrFNO/c1-7-11(6-16-8-2-3-8)17-13-9(14)4-5-10(15)12(7)13/h4-5,8,16H,2-3,6H2,1H3. The third kappa shape index (κ3) is 2.00. The predicted octanol–water partition coefficient (Wildman–Crippen LogP) is 3.89. The molecule has 1 fully saturated rings. The molecule has 0 spiro atoms. The Hall–Kier alpha value is -0.870. The van der Waals surface area contributed by atoms with Crippen molar-refractivity contribution in [3.05, 3.63) is 33.7 Å². The molecule has 0 atom stereocenters. The minimum atomic E-state index is -0.220. The lowest BCUT2D eigenvalue weighted by Crippen LogP contribution is -2.15. The van der Waals surface area contributed by atoms with Gasteiger partial charge in [0.15, 0.2) is 5.58 Å². The van der Waals surface area contributed by atoms with E-state index in [1.165, 1.54) is 18.9 Å². The first kappa shape index (κ1) is 11.2. The van der Waals surface area contributed by atoms with Crippen LogP contribution in [0.15, 0.2) is 21.0 Å². The Morgan fingerprint density at radius 3 is 2.88 bits per heavy atom. The van der Waals surface area contributed by atoms with Gasteiger partial charge < -0.3 is 9.73 Å². The molecule has 1 aliphatic rings. The summed E-state index contributed by atoms with van der Waals surface area (Å²) < 4.78 is 20.3. The maximum Gasteiger partial charge on any atom is 0.151 e. The van der Waals surface area contributed by atoms with Crippen molar-refractivity contribution in [1.29, 1.82) is 0 Å². The number of hydrogen-bond acceptors (Lipinski definition) is 2. The number of benzene rings is 1. The first-order valence-corrected chi connectivity index (χ1v) is 6.55. The van der Waals surface area contributed by atoms with E-state index >= 15 is 0 Å². The lowest BCUT2D eigenvalue weighted by molar-refractivity contribution is 0.508. The summed E-state index contributed by atoms with van der Waals surface area (Å²) in [6.45, 7) is 2.59. The highest BCUT2D eigenvalue weighted by molar-refractivity contribution is 9.10. The Bertz CT molecular complexity index is 574. The van der Waals surface area contributed by atoms with Crippen molar-refractivity contribution in [2.45, 2.75) is 32.4 Å². The average molecular weight is 298 g/mol. The number of aryl methyl sites for hydroxylation is 1. The van der Waals surface area contributed by atoms with E-state index in [1.54, 1.807) is 6.07 Å². The molecule has 2 nitrogen and oxygen atoms in total. The summed E-state index contributed by atoms with van der Waals surface area (Å²) >= 11 is 3.39. The molecule has 0 bridgehead atoms. The summed E-state index contributed by atoms with van der Waals surface area (Å²) in [4.78, 5) is 0. The summed E-state index contributed by atoms with van der Waals surface area (Å²) in [6, 6.07) is 3.77. The molecule has 2 aromatic rings. The van der Waals surface area contributed by atoms with E-state index in [4.69, 9.17) is 4.42 Å². The second kappa shape index (κ2) is 4.10. The van der Waals surface area contributed by atoms with Gasteiger partial charge in [-0.05, 0) is 47.8 Å². The number of nitrogens with one attached hydrogen (secondary N) is 1. The highest BCUT2D eigenvalue weighted by atomic mass is 79.9. The number of rotatable bonds is 3. The van der Waals surface area contributed by atoms with E-state index in [-0.39, 0.29) is 5.82 Å². The van der Waals surface area contributed by atoms with Crippen LogP contribution < -0.4 is 5.32 Å². The smallest absolute Gasteiger partial charge is 0.151 e. The largest absolute Gasteiger partial charge is 0.458 e. The second-order valence-corrected chi connectivity index (χ2v) is 5.39. The summed E-state index contributed by atoms with van der Waals surface area (Å²) in [5.41, 5.74) is 1.50. The van der Waals surface area contributed by atoms with Gasteiger partial charge in [0.2, 0.25) is 0 Å². The summed E-state index contributed by atoms with van der Waals surface area (Å²) in [5, 5.41) is 3.97. The van der Waals surface area contributed by atoms with E-state index in [2.05, 4.69) is 21.2 Å². The molecule has 90 valence electrons. The van der Waals surface area contributed by atoms with Gasteiger partial charge in [-0.2, -0.15) is 0 Å². The Morgan fingerprint density at radius 1 is 1.47 bits per heavy atom. The maximum atomic E-state index is 13.8. The molecule has 0 radical (unpaired) electrons. The molecule has 1 saturated carbocycles. The van der Waals surface area contributed by atoms with Crippen molar-refractivity contribution in [1.82, 2.24) is 5.32 Å². The van der Waals surface area contributed by atoms with Crippen LogP contribution in [0, 0.1) is 12.7 Å². The Labute approximate surface area is 107 Å². The van der Waals surface area contributed by atoms with Crippen molar-refractivity contribution in [3.8, 4) is 0 Å². The molecule has 3 rings (SSSR count).